The molecule has 0 amide bonds. The molecule has 69 heavy (non-hydrogen) atoms. The maximum absolute atomic E-state index is 2.50. The first-order valence-electron chi connectivity index (χ1n) is 24.0. The highest BCUT2D eigenvalue weighted by Crippen LogP contribution is 2.57. The molecule has 1 aliphatic carbocycles. The lowest BCUT2D eigenvalue weighted by Gasteiger charge is -2.31. The Bertz CT molecular complexity index is 3870. The van der Waals surface area contributed by atoms with Gasteiger partial charge in [-0.05, 0) is 142 Å². The molecule has 0 aliphatic heterocycles. The standard InChI is InChI=1S/C68H47N/c1-68(54-24-9-4-10-25-54)62-29-16-15-28-60(62)67-63(68)30-17-31-64(67)69(55-40-38-48(39-41-55)47-32-34-49(35-33-47)53-37-36-46-18-11-12-23-52(46)44-53)56-42-43-58-57-26-13-14-27-59(57)65(50-19-5-2-6-20-50)66(61(58)45-56)51-21-7-3-8-22-51/h2-45H,1H3. The number of hydrogen-bond acceptors (Lipinski definition) is 1. The second-order valence-corrected chi connectivity index (χ2v) is 18.5. The maximum Gasteiger partial charge on any atom is 0.0543 e. The number of nitrogens with zero attached hydrogens (tertiary/aromatic N) is 1. The van der Waals surface area contributed by atoms with Crippen molar-refractivity contribution in [3.63, 3.8) is 0 Å². The fourth-order valence-corrected chi connectivity index (χ4v) is 11.4. The van der Waals surface area contributed by atoms with E-state index in [2.05, 4.69) is 279 Å². The van der Waals surface area contributed by atoms with Crippen LogP contribution in [0, 0.1) is 0 Å². The van der Waals surface area contributed by atoms with Gasteiger partial charge < -0.3 is 4.90 Å². The van der Waals surface area contributed by atoms with Gasteiger partial charge in [-0.1, -0.05) is 231 Å². The minimum absolute atomic E-state index is 0.342. The van der Waals surface area contributed by atoms with E-state index in [0.717, 1.165) is 17.1 Å². The van der Waals surface area contributed by atoms with Crippen LogP contribution in [-0.2, 0) is 5.41 Å². The topological polar surface area (TPSA) is 3.24 Å². The Labute approximate surface area is 403 Å². The molecular formula is C68H47N. The van der Waals surface area contributed by atoms with E-state index in [-0.39, 0.29) is 5.41 Å². The highest BCUT2D eigenvalue weighted by Gasteiger charge is 2.42. The molecule has 1 heteroatoms. The van der Waals surface area contributed by atoms with Gasteiger partial charge in [0, 0.05) is 22.4 Å². The Morgan fingerprint density at radius 1 is 0.290 bits per heavy atom. The molecule has 0 bridgehead atoms. The van der Waals surface area contributed by atoms with Crippen molar-refractivity contribution in [2.24, 2.45) is 0 Å². The highest BCUT2D eigenvalue weighted by molar-refractivity contribution is 6.22. The third kappa shape index (κ3) is 6.69. The van der Waals surface area contributed by atoms with Gasteiger partial charge in [-0.15, -0.1) is 0 Å². The summed E-state index contributed by atoms with van der Waals surface area (Å²) < 4.78 is 0. The largest absolute Gasteiger partial charge is 0.310 e. The van der Waals surface area contributed by atoms with Crippen molar-refractivity contribution in [1.82, 2.24) is 0 Å². The number of fused-ring (bicyclic) bond motifs is 7. The summed E-state index contributed by atoms with van der Waals surface area (Å²) in [7, 11) is 0. The van der Waals surface area contributed by atoms with Crippen LogP contribution in [0.5, 0.6) is 0 Å². The molecule has 0 saturated carbocycles. The van der Waals surface area contributed by atoms with Crippen molar-refractivity contribution in [3.05, 3.63) is 284 Å². The molecule has 1 atom stereocenters. The smallest absolute Gasteiger partial charge is 0.0543 e. The molecular weight excluding hydrogens is 831 g/mol. The fourth-order valence-electron chi connectivity index (χ4n) is 11.4. The molecule has 1 unspecified atom stereocenters. The predicted octanol–water partition coefficient (Wildman–Crippen LogP) is 18.6. The van der Waals surface area contributed by atoms with Crippen LogP contribution in [0.2, 0.25) is 0 Å². The lowest BCUT2D eigenvalue weighted by Crippen LogP contribution is -2.22. The fraction of sp³-hybridized carbons (Fsp3) is 0.0294. The van der Waals surface area contributed by atoms with Gasteiger partial charge in [0.15, 0.2) is 0 Å². The molecule has 0 N–H and O–H groups in total. The van der Waals surface area contributed by atoms with Crippen LogP contribution in [0.3, 0.4) is 0 Å². The van der Waals surface area contributed by atoms with Crippen LogP contribution in [0.25, 0.3) is 88.0 Å². The zero-order valence-corrected chi connectivity index (χ0v) is 38.4. The van der Waals surface area contributed by atoms with E-state index in [1.807, 2.05) is 0 Å². The first kappa shape index (κ1) is 40.5. The molecule has 0 radical (unpaired) electrons. The van der Waals surface area contributed by atoms with Gasteiger partial charge in [0.05, 0.1) is 5.69 Å². The first-order valence-corrected chi connectivity index (χ1v) is 24.0. The molecule has 324 valence electrons. The maximum atomic E-state index is 2.50. The summed E-state index contributed by atoms with van der Waals surface area (Å²) in [6, 6.07) is 98.4. The van der Waals surface area contributed by atoms with Gasteiger partial charge in [0.25, 0.3) is 0 Å². The molecule has 13 rings (SSSR count). The quantitative estimate of drug-likeness (QED) is 0.138. The Balaban J connectivity index is 1.02. The van der Waals surface area contributed by atoms with Crippen LogP contribution in [0.1, 0.15) is 23.6 Å². The second kappa shape index (κ2) is 16.5. The van der Waals surface area contributed by atoms with E-state index in [4.69, 9.17) is 0 Å². The Morgan fingerprint density at radius 2 is 0.797 bits per heavy atom. The van der Waals surface area contributed by atoms with Crippen molar-refractivity contribution >= 4 is 49.4 Å². The molecule has 0 fully saturated rings. The third-order valence-corrected chi connectivity index (χ3v) is 14.7. The van der Waals surface area contributed by atoms with Crippen molar-refractivity contribution in [2.45, 2.75) is 12.3 Å². The van der Waals surface area contributed by atoms with Crippen molar-refractivity contribution < 1.29 is 0 Å². The molecule has 1 aliphatic rings. The minimum atomic E-state index is -0.342. The molecule has 12 aromatic rings. The van der Waals surface area contributed by atoms with Crippen molar-refractivity contribution in [2.75, 3.05) is 4.90 Å². The monoisotopic (exact) mass is 877 g/mol. The van der Waals surface area contributed by atoms with E-state index < -0.39 is 0 Å². The third-order valence-electron chi connectivity index (χ3n) is 14.7. The minimum Gasteiger partial charge on any atom is -0.310 e. The molecule has 0 spiro atoms. The van der Waals surface area contributed by atoms with Crippen LogP contribution in [0.15, 0.2) is 267 Å². The summed E-state index contributed by atoms with van der Waals surface area (Å²) in [4.78, 5) is 2.50. The number of hydrogen-bond donors (Lipinski definition) is 0. The van der Waals surface area contributed by atoms with Crippen LogP contribution < -0.4 is 4.90 Å². The Morgan fingerprint density at radius 3 is 1.51 bits per heavy atom. The van der Waals surface area contributed by atoms with Gasteiger partial charge in [-0.3, -0.25) is 0 Å². The van der Waals surface area contributed by atoms with E-state index in [0.29, 0.717) is 0 Å². The number of benzene rings is 12. The van der Waals surface area contributed by atoms with Crippen LogP contribution in [-0.4, -0.2) is 0 Å². The van der Waals surface area contributed by atoms with Gasteiger partial charge in [0.1, 0.15) is 0 Å². The molecule has 0 heterocycles. The molecule has 1 nitrogen and oxygen atoms in total. The van der Waals surface area contributed by atoms with E-state index in [1.54, 1.807) is 0 Å². The average molecular weight is 878 g/mol. The number of rotatable bonds is 8. The predicted molar refractivity (Wildman–Crippen MR) is 293 cm³/mol. The zero-order chi connectivity index (χ0) is 45.9. The Hall–Kier alpha value is -8.78. The van der Waals surface area contributed by atoms with Crippen molar-refractivity contribution in [1.29, 1.82) is 0 Å². The SMILES string of the molecule is CC1(c2ccccc2)c2ccccc2-c2c(N(c3ccc(-c4ccc(-c5ccc6ccccc6c5)cc4)cc3)c3ccc4c(c3)c(-c3ccccc3)c(-c3ccccc3)c3ccccc34)cccc21. The van der Waals surface area contributed by atoms with Crippen molar-refractivity contribution in [3.8, 4) is 55.6 Å². The summed E-state index contributed by atoms with van der Waals surface area (Å²) in [5.74, 6) is 0. The molecule has 12 aromatic carbocycles. The summed E-state index contributed by atoms with van der Waals surface area (Å²) in [6.07, 6.45) is 0. The van der Waals surface area contributed by atoms with Gasteiger partial charge >= 0.3 is 0 Å². The van der Waals surface area contributed by atoms with Gasteiger partial charge in [-0.25, -0.2) is 0 Å². The second-order valence-electron chi connectivity index (χ2n) is 18.5. The highest BCUT2D eigenvalue weighted by atomic mass is 15.1. The summed E-state index contributed by atoms with van der Waals surface area (Å²) >= 11 is 0. The van der Waals surface area contributed by atoms with E-state index >= 15 is 0 Å². The van der Waals surface area contributed by atoms with Gasteiger partial charge in [-0.2, -0.15) is 0 Å². The summed E-state index contributed by atoms with van der Waals surface area (Å²) in [5.41, 5.74) is 19.1. The number of anilines is 3. The molecule has 0 saturated heterocycles. The lowest BCUT2D eigenvalue weighted by molar-refractivity contribution is 0.714. The lowest BCUT2D eigenvalue weighted by atomic mass is 9.74. The zero-order valence-electron chi connectivity index (χ0n) is 38.4. The normalized spacial score (nSPS) is 13.9. The van der Waals surface area contributed by atoms with E-state index in [1.165, 1.54) is 105 Å². The Kier molecular flexibility index (Phi) is 9.70. The first-order chi connectivity index (χ1) is 34.1. The average Bonchev–Trinajstić information content (AvgIpc) is 3.70. The van der Waals surface area contributed by atoms with Crippen LogP contribution >= 0.6 is 0 Å². The van der Waals surface area contributed by atoms with E-state index in [9.17, 15) is 0 Å². The summed E-state index contributed by atoms with van der Waals surface area (Å²) in [6.45, 7) is 2.40. The van der Waals surface area contributed by atoms with Gasteiger partial charge in [0.2, 0.25) is 0 Å². The van der Waals surface area contributed by atoms with Crippen LogP contribution in [0.4, 0.5) is 17.1 Å². The molecule has 0 aromatic heterocycles. The summed E-state index contributed by atoms with van der Waals surface area (Å²) in [5, 5.41) is 7.45.